The van der Waals surface area contributed by atoms with Gasteiger partial charge < -0.3 is 5.32 Å². The van der Waals surface area contributed by atoms with Crippen molar-refractivity contribution in [3.63, 3.8) is 0 Å². The van der Waals surface area contributed by atoms with E-state index in [1.807, 2.05) is 38.1 Å². The van der Waals surface area contributed by atoms with Crippen molar-refractivity contribution in [3.8, 4) is 0 Å². The number of carbonyl (C=O) groups is 1. The summed E-state index contributed by atoms with van der Waals surface area (Å²) in [5, 5.41) is 3.41. The summed E-state index contributed by atoms with van der Waals surface area (Å²) in [6, 6.07) is 19.5. The van der Waals surface area contributed by atoms with Gasteiger partial charge in [0.15, 0.2) is 0 Å². The van der Waals surface area contributed by atoms with Crippen LogP contribution in [0.25, 0.3) is 0 Å². The molecule has 0 saturated heterocycles. The highest BCUT2D eigenvalue weighted by atomic mass is 35.5. The van der Waals surface area contributed by atoms with Gasteiger partial charge in [-0.2, -0.15) is 0 Å². The van der Waals surface area contributed by atoms with Crippen LogP contribution in [0, 0.1) is 13.8 Å². The average Bonchev–Trinajstić information content (AvgIpc) is 2.70. The Hall–Kier alpha value is -2.83. The van der Waals surface area contributed by atoms with Crippen molar-refractivity contribution in [2.75, 3.05) is 15.9 Å². The first-order valence-electron chi connectivity index (χ1n) is 9.35. The van der Waals surface area contributed by atoms with Gasteiger partial charge in [-0.25, -0.2) is 8.42 Å². The molecule has 7 heteroatoms. The Kier molecular flexibility index (Phi) is 6.48. The zero-order valence-electron chi connectivity index (χ0n) is 17.0. The Morgan fingerprint density at radius 1 is 0.967 bits per heavy atom. The van der Waals surface area contributed by atoms with Crippen LogP contribution in [0.4, 0.5) is 11.4 Å². The van der Waals surface area contributed by atoms with Gasteiger partial charge in [0, 0.05) is 16.3 Å². The largest absolute Gasteiger partial charge is 0.322 e. The molecule has 3 aromatic rings. The van der Waals surface area contributed by atoms with Gasteiger partial charge >= 0.3 is 0 Å². The predicted octanol–water partition coefficient (Wildman–Crippen LogP) is 5.18. The zero-order valence-corrected chi connectivity index (χ0v) is 18.6. The third-order valence-electron chi connectivity index (χ3n) is 4.91. The molecule has 0 atom stereocenters. The Morgan fingerprint density at radius 3 is 2.27 bits per heavy atom. The summed E-state index contributed by atoms with van der Waals surface area (Å²) < 4.78 is 26.2. The van der Waals surface area contributed by atoms with E-state index in [0.717, 1.165) is 16.7 Å². The van der Waals surface area contributed by atoms with Gasteiger partial charge in [-0.1, -0.05) is 41.9 Å². The van der Waals surface area contributed by atoms with E-state index >= 15 is 0 Å². The quantitative estimate of drug-likeness (QED) is 0.572. The van der Waals surface area contributed by atoms with Crippen LogP contribution in [0.3, 0.4) is 0 Å². The van der Waals surface area contributed by atoms with Crippen LogP contribution in [0.2, 0.25) is 5.02 Å². The van der Waals surface area contributed by atoms with Crippen molar-refractivity contribution in [1.29, 1.82) is 0 Å². The number of amides is 1. The van der Waals surface area contributed by atoms with Gasteiger partial charge in [0.05, 0.1) is 18.5 Å². The minimum absolute atomic E-state index is 0.221. The summed E-state index contributed by atoms with van der Waals surface area (Å²) in [5.74, 6) is -0.295. The number of aryl methyl sites for hydroxylation is 1. The van der Waals surface area contributed by atoms with Crippen LogP contribution < -0.4 is 9.62 Å². The van der Waals surface area contributed by atoms with Crippen LogP contribution >= 0.6 is 11.6 Å². The molecule has 5 nitrogen and oxygen atoms in total. The van der Waals surface area contributed by atoms with Crippen LogP contribution in [0.15, 0.2) is 66.7 Å². The van der Waals surface area contributed by atoms with Gasteiger partial charge in [0.1, 0.15) is 0 Å². The topological polar surface area (TPSA) is 66.5 Å². The highest BCUT2D eigenvalue weighted by molar-refractivity contribution is 7.92. The second-order valence-electron chi connectivity index (χ2n) is 7.11. The summed E-state index contributed by atoms with van der Waals surface area (Å²) in [4.78, 5) is 12.6. The number of halogens is 1. The number of benzene rings is 3. The number of nitrogens with zero attached hydrogens (tertiary/aromatic N) is 1. The molecule has 0 unspecified atom stereocenters. The maximum atomic E-state index is 12.6. The number of nitrogens with one attached hydrogen (secondary N) is 1. The zero-order chi connectivity index (χ0) is 21.9. The van der Waals surface area contributed by atoms with Crippen LogP contribution in [-0.2, 0) is 16.6 Å². The first kappa shape index (κ1) is 21.9. The molecule has 0 heterocycles. The molecule has 1 amide bonds. The fourth-order valence-corrected chi connectivity index (χ4v) is 4.11. The first-order chi connectivity index (χ1) is 14.2. The van der Waals surface area contributed by atoms with Crippen LogP contribution in [-0.4, -0.2) is 20.6 Å². The Morgan fingerprint density at radius 2 is 1.63 bits per heavy atom. The predicted molar refractivity (Wildman–Crippen MR) is 123 cm³/mol. The monoisotopic (exact) mass is 442 g/mol. The van der Waals surface area contributed by atoms with Crippen molar-refractivity contribution >= 4 is 38.9 Å². The molecule has 156 valence electrons. The lowest BCUT2D eigenvalue weighted by Crippen LogP contribution is -2.29. The number of sulfonamides is 1. The van der Waals surface area contributed by atoms with E-state index in [0.29, 0.717) is 22.0 Å². The lowest BCUT2D eigenvalue weighted by atomic mass is 10.1. The standard InChI is InChI=1S/C23H23ClN2O3S/c1-16-7-4-5-8-19(16)15-26(30(3,28)29)20-13-11-18(12-14-20)23(27)25-22-10-6-9-21(24)17(22)2/h4-14H,15H2,1-3H3,(H,25,27). The van der Waals surface area contributed by atoms with Gasteiger partial charge in [-0.3, -0.25) is 9.10 Å². The molecule has 30 heavy (non-hydrogen) atoms. The smallest absolute Gasteiger partial charge is 0.255 e. The summed E-state index contributed by atoms with van der Waals surface area (Å²) >= 11 is 6.11. The Bertz CT molecular complexity index is 1180. The fourth-order valence-electron chi connectivity index (χ4n) is 3.06. The summed E-state index contributed by atoms with van der Waals surface area (Å²) in [6.45, 7) is 4.00. The number of hydrogen-bond donors (Lipinski definition) is 1. The highest BCUT2D eigenvalue weighted by Gasteiger charge is 2.19. The van der Waals surface area contributed by atoms with Gasteiger partial charge in [0.2, 0.25) is 10.0 Å². The van der Waals surface area contributed by atoms with E-state index < -0.39 is 10.0 Å². The second-order valence-corrected chi connectivity index (χ2v) is 9.42. The van der Waals surface area contributed by atoms with E-state index in [1.165, 1.54) is 10.6 Å². The molecule has 0 aromatic heterocycles. The van der Waals surface area contributed by atoms with E-state index in [1.54, 1.807) is 42.5 Å². The van der Waals surface area contributed by atoms with Crippen molar-refractivity contribution < 1.29 is 13.2 Å². The molecule has 0 fully saturated rings. The third-order valence-corrected chi connectivity index (χ3v) is 6.46. The molecule has 0 spiro atoms. The Labute approximate surface area is 182 Å². The summed E-state index contributed by atoms with van der Waals surface area (Å²) in [5.41, 5.74) is 4.26. The van der Waals surface area contributed by atoms with E-state index in [-0.39, 0.29) is 12.5 Å². The molecule has 0 aliphatic rings. The Balaban J connectivity index is 1.84. The maximum absolute atomic E-state index is 12.6. The summed E-state index contributed by atoms with van der Waals surface area (Å²) in [6.07, 6.45) is 1.17. The number of carbonyl (C=O) groups excluding carboxylic acids is 1. The maximum Gasteiger partial charge on any atom is 0.255 e. The van der Waals surface area contributed by atoms with Gasteiger partial charge in [-0.05, 0) is 66.9 Å². The van der Waals surface area contributed by atoms with Crippen molar-refractivity contribution in [2.45, 2.75) is 20.4 Å². The molecule has 3 rings (SSSR count). The molecule has 0 radical (unpaired) electrons. The molecular weight excluding hydrogens is 420 g/mol. The molecule has 0 aliphatic heterocycles. The van der Waals surface area contributed by atoms with E-state index in [9.17, 15) is 13.2 Å². The van der Waals surface area contributed by atoms with E-state index in [2.05, 4.69) is 5.32 Å². The van der Waals surface area contributed by atoms with E-state index in [4.69, 9.17) is 11.6 Å². The van der Waals surface area contributed by atoms with Crippen LogP contribution in [0.1, 0.15) is 27.0 Å². The minimum atomic E-state index is -3.51. The van der Waals surface area contributed by atoms with Crippen LogP contribution in [0.5, 0.6) is 0 Å². The second kappa shape index (κ2) is 8.90. The molecule has 0 bridgehead atoms. The SMILES string of the molecule is Cc1ccccc1CN(c1ccc(C(=O)Nc2cccc(Cl)c2C)cc1)S(C)(=O)=O. The molecule has 3 aromatic carbocycles. The number of anilines is 2. The van der Waals surface area contributed by atoms with Gasteiger partial charge in [0.25, 0.3) is 5.91 Å². The lowest BCUT2D eigenvalue weighted by Gasteiger charge is -2.23. The third kappa shape index (κ3) is 5.01. The number of rotatable bonds is 6. The normalized spacial score (nSPS) is 11.2. The van der Waals surface area contributed by atoms with Crippen molar-refractivity contribution in [3.05, 3.63) is 94.0 Å². The van der Waals surface area contributed by atoms with Crippen molar-refractivity contribution in [1.82, 2.24) is 0 Å². The van der Waals surface area contributed by atoms with Gasteiger partial charge in [-0.15, -0.1) is 0 Å². The molecular formula is C23H23ClN2O3S. The lowest BCUT2D eigenvalue weighted by molar-refractivity contribution is 0.102. The molecule has 0 aliphatic carbocycles. The molecule has 1 N–H and O–H groups in total. The molecule has 0 saturated carbocycles. The average molecular weight is 443 g/mol. The highest BCUT2D eigenvalue weighted by Crippen LogP contribution is 2.25. The fraction of sp³-hybridized carbons (Fsp3) is 0.174. The first-order valence-corrected chi connectivity index (χ1v) is 11.6. The summed E-state index contributed by atoms with van der Waals surface area (Å²) in [7, 11) is -3.51. The number of hydrogen-bond acceptors (Lipinski definition) is 3. The minimum Gasteiger partial charge on any atom is -0.322 e. The van der Waals surface area contributed by atoms with Crippen molar-refractivity contribution in [2.24, 2.45) is 0 Å².